The summed E-state index contributed by atoms with van der Waals surface area (Å²) in [6.07, 6.45) is 4.95. The molecule has 0 aliphatic carbocycles. The van der Waals surface area contributed by atoms with E-state index >= 15 is 0 Å². The van der Waals surface area contributed by atoms with E-state index in [1.165, 1.54) is 24.0 Å². The molecule has 22 heavy (non-hydrogen) atoms. The molecule has 0 radical (unpaired) electrons. The lowest BCUT2D eigenvalue weighted by atomic mass is 10.0. The Morgan fingerprint density at radius 2 is 1.95 bits per heavy atom. The van der Waals surface area contributed by atoms with Crippen molar-refractivity contribution in [3.63, 3.8) is 0 Å². The van der Waals surface area contributed by atoms with Gasteiger partial charge in [-0.2, -0.15) is 0 Å². The summed E-state index contributed by atoms with van der Waals surface area (Å²) in [7, 11) is 0. The molecule has 1 heterocycles. The van der Waals surface area contributed by atoms with Gasteiger partial charge in [0, 0.05) is 23.5 Å². The van der Waals surface area contributed by atoms with Gasteiger partial charge in [0.05, 0.1) is 0 Å². The number of hydrogen-bond acceptors (Lipinski definition) is 2. The van der Waals surface area contributed by atoms with Crippen molar-refractivity contribution < 1.29 is 4.79 Å². The van der Waals surface area contributed by atoms with Crippen LogP contribution in [0.5, 0.6) is 0 Å². The maximum atomic E-state index is 11.4. The molecule has 1 aliphatic rings. The predicted octanol–water partition coefficient (Wildman–Crippen LogP) is 4.66. The molecule has 114 valence electrons. The fourth-order valence-electron chi connectivity index (χ4n) is 2.81. The summed E-state index contributed by atoms with van der Waals surface area (Å²) in [4.78, 5) is 11.4. The van der Waals surface area contributed by atoms with Gasteiger partial charge < -0.3 is 10.6 Å². The van der Waals surface area contributed by atoms with Gasteiger partial charge in [0.1, 0.15) is 0 Å². The van der Waals surface area contributed by atoms with E-state index in [9.17, 15) is 4.79 Å². The second-order valence-corrected chi connectivity index (χ2v) is 5.85. The maximum Gasteiger partial charge on any atom is 0.224 e. The van der Waals surface area contributed by atoms with Gasteiger partial charge in [0.2, 0.25) is 5.91 Å². The molecule has 0 bridgehead atoms. The summed E-state index contributed by atoms with van der Waals surface area (Å²) in [6, 6.07) is 14.7. The summed E-state index contributed by atoms with van der Waals surface area (Å²) < 4.78 is 0. The van der Waals surface area contributed by atoms with Gasteiger partial charge in [-0.15, -0.1) is 0 Å². The number of hydrogen-bond donors (Lipinski definition) is 2. The second-order valence-electron chi connectivity index (χ2n) is 5.85. The normalized spacial score (nSPS) is 13.4. The zero-order valence-corrected chi connectivity index (χ0v) is 13.0. The molecule has 0 saturated heterocycles. The molecule has 0 atom stereocenters. The molecule has 3 heteroatoms. The first-order valence-electron chi connectivity index (χ1n) is 8.03. The fourth-order valence-corrected chi connectivity index (χ4v) is 2.81. The van der Waals surface area contributed by atoms with Crippen molar-refractivity contribution in [1.29, 1.82) is 0 Å². The molecule has 2 aromatic carbocycles. The average molecular weight is 294 g/mol. The number of unbranched alkanes of at least 4 members (excludes halogenated alkanes) is 1. The summed E-state index contributed by atoms with van der Waals surface area (Å²) in [5.41, 5.74) is 5.71. The van der Waals surface area contributed by atoms with Crippen LogP contribution in [0, 0.1) is 0 Å². The number of aryl methyl sites for hydroxylation is 2. The molecule has 2 aromatic rings. The van der Waals surface area contributed by atoms with Crippen molar-refractivity contribution >= 4 is 23.0 Å². The Kier molecular flexibility index (Phi) is 4.42. The van der Waals surface area contributed by atoms with Gasteiger partial charge in [-0.05, 0) is 60.7 Å². The second kappa shape index (κ2) is 6.65. The molecule has 0 saturated carbocycles. The Morgan fingerprint density at radius 1 is 1.09 bits per heavy atom. The lowest BCUT2D eigenvalue weighted by molar-refractivity contribution is -0.116. The van der Waals surface area contributed by atoms with E-state index in [1.807, 2.05) is 12.1 Å². The average Bonchev–Trinajstić information content (AvgIpc) is 2.53. The molecule has 3 rings (SSSR count). The number of carbonyl (C=O) groups excluding carboxylic acids is 1. The minimum Gasteiger partial charge on any atom is -0.356 e. The smallest absolute Gasteiger partial charge is 0.224 e. The van der Waals surface area contributed by atoms with Gasteiger partial charge in [0.25, 0.3) is 0 Å². The molecule has 1 amide bonds. The van der Waals surface area contributed by atoms with Gasteiger partial charge in [-0.25, -0.2) is 0 Å². The third kappa shape index (κ3) is 3.48. The van der Waals surface area contributed by atoms with Gasteiger partial charge in [-0.3, -0.25) is 4.79 Å². The van der Waals surface area contributed by atoms with Crippen LogP contribution in [0.4, 0.5) is 17.1 Å². The van der Waals surface area contributed by atoms with Crippen LogP contribution in [0.25, 0.3) is 0 Å². The highest BCUT2D eigenvalue weighted by atomic mass is 16.1. The zero-order valence-electron chi connectivity index (χ0n) is 13.0. The molecule has 0 aromatic heterocycles. The van der Waals surface area contributed by atoms with Crippen LogP contribution < -0.4 is 10.6 Å². The van der Waals surface area contributed by atoms with E-state index in [2.05, 4.69) is 47.9 Å². The lowest BCUT2D eigenvalue weighted by Crippen LogP contribution is -2.18. The van der Waals surface area contributed by atoms with E-state index < -0.39 is 0 Å². The molecule has 0 spiro atoms. The van der Waals surface area contributed by atoms with Crippen LogP contribution in [0.15, 0.2) is 42.5 Å². The Balaban J connectivity index is 1.74. The van der Waals surface area contributed by atoms with Gasteiger partial charge >= 0.3 is 0 Å². The molecular weight excluding hydrogens is 272 g/mol. The molecular formula is C19H22N2O. The Labute approximate surface area is 131 Å². The molecule has 2 N–H and O–H groups in total. The zero-order chi connectivity index (χ0) is 15.4. The van der Waals surface area contributed by atoms with Crippen LogP contribution in [0.1, 0.15) is 37.3 Å². The summed E-state index contributed by atoms with van der Waals surface area (Å²) in [6.45, 7) is 2.22. The summed E-state index contributed by atoms with van der Waals surface area (Å²) >= 11 is 0. The number of benzene rings is 2. The van der Waals surface area contributed by atoms with Crippen LogP contribution in [0.2, 0.25) is 0 Å². The van der Waals surface area contributed by atoms with Gasteiger partial charge in [-0.1, -0.05) is 25.5 Å². The van der Waals surface area contributed by atoms with Crippen molar-refractivity contribution in [2.24, 2.45) is 0 Å². The highest BCUT2D eigenvalue weighted by molar-refractivity contribution is 5.94. The maximum absolute atomic E-state index is 11.4. The predicted molar refractivity (Wildman–Crippen MR) is 91.7 cm³/mol. The summed E-state index contributed by atoms with van der Waals surface area (Å²) in [5, 5.41) is 6.39. The van der Waals surface area contributed by atoms with Crippen LogP contribution >= 0.6 is 0 Å². The first-order chi connectivity index (χ1) is 10.7. The first-order valence-corrected chi connectivity index (χ1v) is 8.03. The standard InChI is InChI=1S/C19H22N2O/c1-2-3-5-14-6-4-7-16(12-14)20-17-9-10-18-15(13-17)8-11-19(22)21-18/h4,6-7,9-10,12-13,20H,2-3,5,8,11H2,1H3,(H,21,22). The van der Waals surface area contributed by atoms with E-state index in [0.29, 0.717) is 6.42 Å². The third-order valence-corrected chi connectivity index (χ3v) is 4.04. The van der Waals surface area contributed by atoms with Crippen molar-refractivity contribution in [1.82, 2.24) is 0 Å². The number of carbonyl (C=O) groups is 1. The highest BCUT2D eigenvalue weighted by Gasteiger charge is 2.14. The van der Waals surface area contributed by atoms with Crippen molar-refractivity contribution in [3.05, 3.63) is 53.6 Å². The van der Waals surface area contributed by atoms with Crippen LogP contribution in [-0.2, 0) is 17.6 Å². The Bertz CT molecular complexity index is 679. The third-order valence-electron chi connectivity index (χ3n) is 4.04. The Hall–Kier alpha value is -2.29. The first kappa shape index (κ1) is 14.6. The van der Waals surface area contributed by atoms with E-state index in [1.54, 1.807) is 0 Å². The van der Waals surface area contributed by atoms with Crippen molar-refractivity contribution in [2.45, 2.75) is 39.0 Å². The van der Waals surface area contributed by atoms with E-state index in [4.69, 9.17) is 0 Å². The monoisotopic (exact) mass is 294 g/mol. The molecule has 0 unspecified atom stereocenters. The van der Waals surface area contributed by atoms with E-state index in [-0.39, 0.29) is 5.91 Å². The molecule has 1 aliphatic heterocycles. The number of anilines is 3. The minimum absolute atomic E-state index is 0.108. The van der Waals surface area contributed by atoms with Crippen LogP contribution in [0.3, 0.4) is 0 Å². The van der Waals surface area contributed by atoms with Crippen molar-refractivity contribution in [2.75, 3.05) is 10.6 Å². The molecule has 3 nitrogen and oxygen atoms in total. The van der Waals surface area contributed by atoms with Crippen LogP contribution in [-0.4, -0.2) is 5.91 Å². The fraction of sp³-hybridized carbons (Fsp3) is 0.316. The topological polar surface area (TPSA) is 41.1 Å². The van der Waals surface area contributed by atoms with Gasteiger partial charge in [0.15, 0.2) is 0 Å². The number of amides is 1. The number of nitrogens with one attached hydrogen (secondary N) is 2. The highest BCUT2D eigenvalue weighted by Crippen LogP contribution is 2.27. The van der Waals surface area contributed by atoms with Crippen molar-refractivity contribution in [3.8, 4) is 0 Å². The Morgan fingerprint density at radius 3 is 2.82 bits per heavy atom. The lowest BCUT2D eigenvalue weighted by Gasteiger charge is -2.18. The SMILES string of the molecule is CCCCc1cccc(Nc2ccc3c(c2)CCC(=O)N3)c1. The van der Waals surface area contributed by atoms with E-state index in [0.717, 1.165) is 29.9 Å². The largest absolute Gasteiger partial charge is 0.356 e. The quantitative estimate of drug-likeness (QED) is 0.842. The number of rotatable bonds is 5. The molecule has 0 fully saturated rings. The number of fused-ring (bicyclic) bond motifs is 1. The summed E-state index contributed by atoms with van der Waals surface area (Å²) in [5.74, 6) is 0.108. The minimum atomic E-state index is 0.108.